The molecule has 0 aliphatic carbocycles. The third-order valence-electron chi connectivity index (χ3n) is 2.07. The number of fused-ring (bicyclic) bond motifs is 1. The monoisotopic (exact) mass is 182 g/mol. The minimum atomic E-state index is -0.150. The fourth-order valence-electron chi connectivity index (χ4n) is 1.39. The second-order valence-electron chi connectivity index (χ2n) is 2.75. The van der Waals surface area contributed by atoms with E-state index in [4.69, 9.17) is 19.7 Å². The van der Waals surface area contributed by atoms with Crippen molar-refractivity contribution in [2.45, 2.75) is 13.2 Å². The van der Waals surface area contributed by atoms with Crippen molar-refractivity contribution in [1.29, 1.82) is 0 Å². The Morgan fingerprint density at radius 3 is 2.69 bits per heavy atom. The molecule has 0 radical (unpaired) electrons. The number of benzene rings is 1. The summed E-state index contributed by atoms with van der Waals surface area (Å²) in [5.74, 6) is 1.18. The third kappa shape index (κ3) is 1.24. The van der Waals surface area contributed by atoms with Crippen molar-refractivity contribution in [2.75, 3.05) is 6.79 Å². The van der Waals surface area contributed by atoms with Crippen LogP contribution in [0.3, 0.4) is 0 Å². The molecule has 0 atom stereocenters. The molecular weight excluding hydrogens is 172 g/mol. The van der Waals surface area contributed by atoms with E-state index in [9.17, 15) is 0 Å². The van der Waals surface area contributed by atoms with Gasteiger partial charge in [0.2, 0.25) is 6.79 Å². The molecule has 2 rings (SSSR count). The van der Waals surface area contributed by atoms with Gasteiger partial charge in [0.15, 0.2) is 11.5 Å². The largest absolute Gasteiger partial charge is 0.454 e. The summed E-state index contributed by atoms with van der Waals surface area (Å²) in [4.78, 5) is 0. The van der Waals surface area contributed by atoms with Crippen molar-refractivity contribution >= 4 is 0 Å². The smallest absolute Gasteiger partial charge is 0.231 e. The number of hydrogen-bond donors (Lipinski definition) is 2. The second kappa shape index (κ2) is 3.24. The van der Waals surface area contributed by atoms with Crippen LogP contribution in [0.25, 0.3) is 0 Å². The summed E-state index contributed by atoms with van der Waals surface area (Å²) in [6.45, 7) is -0.0772. The summed E-state index contributed by atoms with van der Waals surface area (Å²) in [6.07, 6.45) is 0. The molecule has 0 saturated heterocycles. The lowest BCUT2D eigenvalue weighted by Gasteiger charge is -2.07. The number of aliphatic hydroxyl groups excluding tert-OH is 2. The van der Waals surface area contributed by atoms with E-state index in [-0.39, 0.29) is 20.0 Å². The molecule has 13 heavy (non-hydrogen) atoms. The average Bonchev–Trinajstić information content (AvgIpc) is 2.63. The van der Waals surface area contributed by atoms with Gasteiger partial charge >= 0.3 is 0 Å². The molecule has 0 amide bonds. The van der Waals surface area contributed by atoms with Gasteiger partial charge in [0, 0.05) is 5.56 Å². The number of ether oxygens (including phenoxy) is 2. The first-order valence-corrected chi connectivity index (χ1v) is 3.99. The second-order valence-corrected chi connectivity index (χ2v) is 2.75. The van der Waals surface area contributed by atoms with Crippen LogP contribution >= 0.6 is 0 Å². The van der Waals surface area contributed by atoms with Gasteiger partial charge in [-0.05, 0) is 11.6 Å². The molecule has 0 saturated carbocycles. The molecule has 1 heterocycles. The van der Waals surface area contributed by atoms with E-state index in [0.717, 1.165) is 0 Å². The number of hydrogen-bond acceptors (Lipinski definition) is 4. The normalized spacial score (nSPS) is 13.4. The molecule has 0 bridgehead atoms. The van der Waals surface area contributed by atoms with Gasteiger partial charge in [-0.2, -0.15) is 0 Å². The van der Waals surface area contributed by atoms with Gasteiger partial charge in [0.05, 0.1) is 13.2 Å². The first-order valence-electron chi connectivity index (χ1n) is 3.99. The lowest BCUT2D eigenvalue weighted by atomic mass is 10.1. The van der Waals surface area contributed by atoms with E-state index in [1.807, 2.05) is 0 Å². The Hall–Kier alpha value is -1.26. The molecule has 0 aromatic heterocycles. The Morgan fingerprint density at radius 1 is 1.15 bits per heavy atom. The van der Waals surface area contributed by atoms with Crippen LogP contribution in [0, 0.1) is 0 Å². The van der Waals surface area contributed by atoms with Crippen molar-refractivity contribution < 1.29 is 19.7 Å². The minimum Gasteiger partial charge on any atom is -0.454 e. The topological polar surface area (TPSA) is 58.9 Å². The van der Waals surface area contributed by atoms with Crippen LogP contribution in [-0.2, 0) is 13.2 Å². The maximum atomic E-state index is 9.07. The highest BCUT2D eigenvalue weighted by molar-refractivity contribution is 5.51. The molecule has 4 heteroatoms. The van der Waals surface area contributed by atoms with E-state index < -0.39 is 0 Å². The molecule has 0 fully saturated rings. The summed E-state index contributed by atoms with van der Waals surface area (Å²) < 4.78 is 10.3. The van der Waals surface area contributed by atoms with Gasteiger partial charge in [-0.1, -0.05) is 6.07 Å². The van der Waals surface area contributed by atoms with Gasteiger partial charge in [-0.15, -0.1) is 0 Å². The molecule has 1 aliphatic rings. The molecule has 1 aromatic rings. The Balaban J connectivity index is 2.53. The summed E-state index contributed by atoms with van der Waals surface area (Å²) in [7, 11) is 0. The van der Waals surface area contributed by atoms with Crippen LogP contribution in [0.4, 0.5) is 0 Å². The van der Waals surface area contributed by atoms with Crippen molar-refractivity contribution in [3.8, 4) is 11.5 Å². The lowest BCUT2D eigenvalue weighted by Crippen LogP contribution is -1.97. The zero-order valence-electron chi connectivity index (χ0n) is 6.99. The van der Waals surface area contributed by atoms with Gasteiger partial charge in [0.25, 0.3) is 0 Å². The molecule has 2 N–H and O–H groups in total. The van der Waals surface area contributed by atoms with Gasteiger partial charge in [-0.25, -0.2) is 0 Å². The predicted octanol–water partition coefficient (Wildman–Crippen LogP) is 0.400. The molecule has 0 spiro atoms. The third-order valence-corrected chi connectivity index (χ3v) is 2.07. The maximum absolute atomic E-state index is 9.07. The van der Waals surface area contributed by atoms with Crippen molar-refractivity contribution in [2.24, 2.45) is 0 Å². The highest BCUT2D eigenvalue weighted by Crippen LogP contribution is 2.37. The Labute approximate surface area is 75.3 Å². The van der Waals surface area contributed by atoms with Crippen LogP contribution < -0.4 is 9.47 Å². The maximum Gasteiger partial charge on any atom is 0.231 e. The zero-order valence-corrected chi connectivity index (χ0v) is 6.99. The Bertz CT molecular complexity index is 322. The van der Waals surface area contributed by atoms with Crippen LogP contribution in [0.1, 0.15) is 11.1 Å². The highest BCUT2D eigenvalue weighted by atomic mass is 16.7. The van der Waals surface area contributed by atoms with E-state index in [0.29, 0.717) is 22.6 Å². The van der Waals surface area contributed by atoms with Crippen LogP contribution in [-0.4, -0.2) is 17.0 Å². The van der Waals surface area contributed by atoms with E-state index in [2.05, 4.69) is 0 Å². The standard InChI is InChI=1S/C9H10O4/c10-3-6-1-2-8-9(7(6)4-11)13-5-12-8/h1-2,10-11H,3-5H2. The summed E-state index contributed by atoms with van der Waals surface area (Å²) in [5, 5.41) is 18.0. The highest BCUT2D eigenvalue weighted by Gasteiger charge is 2.19. The average molecular weight is 182 g/mol. The van der Waals surface area contributed by atoms with Gasteiger partial charge in [0.1, 0.15) is 0 Å². The molecule has 4 nitrogen and oxygen atoms in total. The Kier molecular flexibility index (Phi) is 2.08. The van der Waals surface area contributed by atoms with Gasteiger partial charge < -0.3 is 19.7 Å². The van der Waals surface area contributed by atoms with Crippen molar-refractivity contribution in [1.82, 2.24) is 0 Å². The lowest BCUT2D eigenvalue weighted by molar-refractivity contribution is 0.170. The molecule has 70 valence electrons. The summed E-state index contributed by atoms with van der Waals surface area (Å²) >= 11 is 0. The first-order chi connectivity index (χ1) is 6.36. The van der Waals surface area contributed by atoms with Crippen LogP contribution in [0.15, 0.2) is 12.1 Å². The summed E-state index contributed by atoms with van der Waals surface area (Å²) in [5.41, 5.74) is 1.28. The minimum absolute atomic E-state index is 0.105. The number of rotatable bonds is 2. The van der Waals surface area contributed by atoms with E-state index in [1.165, 1.54) is 0 Å². The van der Waals surface area contributed by atoms with Crippen molar-refractivity contribution in [3.63, 3.8) is 0 Å². The molecular formula is C9H10O4. The van der Waals surface area contributed by atoms with E-state index >= 15 is 0 Å². The fourth-order valence-corrected chi connectivity index (χ4v) is 1.39. The summed E-state index contributed by atoms with van der Waals surface area (Å²) in [6, 6.07) is 3.45. The zero-order chi connectivity index (χ0) is 9.26. The SMILES string of the molecule is OCc1ccc2c(c1CO)OCO2. The van der Waals surface area contributed by atoms with Gasteiger partial charge in [-0.3, -0.25) is 0 Å². The quantitative estimate of drug-likeness (QED) is 0.695. The Morgan fingerprint density at radius 2 is 2.00 bits per heavy atom. The van der Waals surface area contributed by atoms with Crippen LogP contribution in [0.2, 0.25) is 0 Å². The molecule has 0 unspecified atom stereocenters. The fraction of sp³-hybridized carbons (Fsp3) is 0.333. The first kappa shape index (κ1) is 8.34. The molecule has 1 aliphatic heterocycles. The molecule has 1 aromatic carbocycles. The van der Waals surface area contributed by atoms with E-state index in [1.54, 1.807) is 12.1 Å². The predicted molar refractivity (Wildman–Crippen MR) is 44.4 cm³/mol. The van der Waals surface area contributed by atoms with Crippen molar-refractivity contribution in [3.05, 3.63) is 23.3 Å². The van der Waals surface area contributed by atoms with Crippen LogP contribution in [0.5, 0.6) is 11.5 Å². The number of aliphatic hydroxyl groups is 2.